The fraction of sp³-hybridized carbons (Fsp3) is 0.400. The Labute approximate surface area is 114 Å². The Morgan fingerprint density at radius 1 is 1.32 bits per heavy atom. The Bertz CT molecular complexity index is 573. The molecule has 0 spiro atoms. The molecule has 4 nitrogen and oxygen atoms in total. The first-order valence-corrected chi connectivity index (χ1v) is 6.54. The van der Waals surface area contributed by atoms with E-state index >= 15 is 0 Å². The van der Waals surface area contributed by atoms with Crippen molar-refractivity contribution in [1.82, 2.24) is 10.2 Å². The van der Waals surface area contributed by atoms with E-state index in [9.17, 15) is 0 Å². The highest BCUT2D eigenvalue weighted by molar-refractivity contribution is 5.66. The molecule has 0 bridgehead atoms. The van der Waals surface area contributed by atoms with Crippen LogP contribution in [0.5, 0.6) is 5.75 Å². The van der Waals surface area contributed by atoms with Crippen LogP contribution in [0, 0.1) is 13.8 Å². The molecule has 1 aromatic heterocycles. The van der Waals surface area contributed by atoms with E-state index in [2.05, 4.69) is 16.3 Å². The minimum Gasteiger partial charge on any atom is -0.491 e. The van der Waals surface area contributed by atoms with Gasteiger partial charge < -0.3 is 10.5 Å². The molecule has 0 aliphatic rings. The number of aryl methyl sites for hydroxylation is 2. The molecule has 2 rings (SSSR count). The zero-order valence-electron chi connectivity index (χ0n) is 11.9. The second kappa shape index (κ2) is 5.45. The molecule has 4 heteroatoms. The molecule has 1 aromatic carbocycles. The number of aromatic nitrogens is 2. The van der Waals surface area contributed by atoms with Crippen molar-refractivity contribution in [3.8, 4) is 17.0 Å². The SMILES string of the molecule is Cc1cc(-c2n[nH]c(C)c2CN)ccc1OC(C)C. The van der Waals surface area contributed by atoms with Gasteiger partial charge in [0.2, 0.25) is 0 Å². The van der Waals surface area contributed by atoms with E-state index < -0.39 is 0 Å². The molecule has 0 aliphatic carbocycles. The van der Waals surface area contributed by atoms with Crippen molar-refractivity contribution in [1.29, 1.82) is 0 Å². The standard InChI is InChI=1S/C15H21N3O/c1-9(2)19-14-6-5-12(7-10(14)3)15-13(8-16)11(4)17-18-15/h5-7,9H,8,16H2,1-4H3,(H,17,18). The van der Waals surface area contributed by atoms with E-state index in [1.807, 2.05) is 39.8 Å². The lowest BCUT2D eigenvalue weighted by molar-refractivity contribution is 0.241. The summed E-state index contributed by atoms with van der Waals surface area (Å²) in [6.45, 7) is 8.57. The molecule has 0 radical (unpaired) electrons. The summed E-state index contributed by atoms with van der Waals surface area (Å²) >= 11 is 0. The smallest absolute Gasteiger partial charge is 0.122 e. The Hall–Kier alpha value is -1.81. The third kappa shape index (κ3) is 2.79. The van der Waals surface area contributed by atoms with Crippen LogP contribution in [0.3, 0.4) is 0 Å². The number of ether oxygens (including phenoxy) is 1. The molecule has 0 atom stereocenters. The third-order valence-electron chi connectivity index (χ3n) is 3.09. The van der Waals surface area contributed by atoms with Crippen LogP contribution in [-0.2, 0) is 6.54 Å². The van der Waals surface area contributed by atoms with Crippen LogP contribution in [0.25, 0.3) is 11.3 Å². The number of hydrogen-bond donors (Lipinski definition) is 2. The van der Waals surface area contributed by atoms with Crippen molar-refractivity contribution in [2.75, 3.05) is 0 Å². The summed E-state index contributed by atoms with van der Waals surface area (Å²) < 4.78 is 5.74. The Balaban J connectivity index is 2.39. The number of H-pyrrole nitrogens is 1. The van der Waals surface area contributed by atoms with Crippen molar-refractivity contribution in [3.05, 3.63) is 35.0 Å². The number of nitrogens with one attached hydrogen (secondary N) is 1. The molecule has 1 heterocycles. The topological polar surface area (TPSA) is 63.9 Å². The maximum Gasteiger partial charge on any atom is 0.122 e. The summed E-state index contributed by atoms with van der Waals surface area (Å²) in [4.78, 5) is 0. The van der Waals surface area contributed by atoms with Gasteiger partial charge in [0.05, 0.1) is 11.8 Å². The molecule has 0 aliphatic heterocycles. The number of rotatable bonds is 4. The molecule has 0 amide bonds. The number of nitrogens with zero attached hydrogens (tertiary/aromatic N) is 1. The van der Waals surface area contributed by atoms with Gasteiger partial charge in [0.1, 0.15) is 5.75 Å². The van der Waals surface area contributed by atoms with Crippen molar-refractivity contribution < 1.29 is 4.74 Å². The summed E-state index contributed by atoms with van der Waals surface area (Å²) in [7, 11) is 0. The fourth-order valence-corrected chi connectivity index (χ4v) is 2.12. The van der Waals surface area contributed by atoms with Crippen molar-refractivity contribution in [3.63, 3.8) is 0 Å². The minimum atomic E-state index is 0.178. The summed E-state index contributed by atoms with van der Waals surface area (Å²) in [6, 6.07) is 6.11. The second-order valence-corrected chi connectivity index (χ2v) is 5.03. The second-order valence-electron chi connectivity index (χ2n) is 5.03. The highest BCUT2D eigenvalue weighted by Gasteiger charge is 2.12. The average molecular weight is 259 g/mol. The molecular formula is C15H21N3O. The monoisotopic (exact) mass is 259 g/mol. The van der Waals surface area contributed by atoms with Gasteiger partial charge in [-0.1, -0.05) is 0 Å². The van der Waals surface area contributed by atoms with Crippen LogP contribution in [-0.4, -0.2) is 16.3 Å². The van der Waals surface area contributed by atoms with Gasteiger partial charge in [-0.3, -0.25) is 5.10 Å². The lowest BCUT2D eigenvalue weighted by Crippen LogP contribution is -2.06. The van der Waals surface area contributed by atoms with Crippen molar-refractivity contribution >= 4 is 0 Å². The van der Waals surface area contributed by atoms with Crippen LogP contribution in [0.2, 0.25) is 0 Å². The van der Waals surface area contributed by atoms with E-state index in [4.69, 9.17) is 10.5 Å². The molecule has 102 valence electrons. The molecule has 0 saturated heterocycles. The summed E-state index contributed by atoms with van der Waals surface area (Å²) in [5.41, 5.74) is 11.0. The van der Waals surface area contributed by atoms with Crippen LogP contribution < -0.4 is 10.5 Å². The zero-order chi connectivity index (χ0) is 14.0. The first-order valence-electron chi connectivity index (χ1n) is 6.54. The summed E-state index contributed by atoms with van der Waals surface area (Å²) in [5, 5.41) is 7.33. The van der Waals surface area contributed by atoms with Crippen molar-refractivity contribution in [2.45, 2.75) is 40.3 Å². The Morgan fingerprint density at radius 3 is 2.63 bits per heavy atom. The van der Waals surface area contributed by atoms with Crippen molar-refractivity contribution in [2.24, 2.45) is 5.73 Å². The minimum absolute atomic E-state index is 0.178. The molecule has 19 heavy (non-hydrogen) atoms. The fourth-order valence-electron chi connectivity index (χ4n) is 2.12. The highest BCUT2D eigenvalue weighted by Crippen LogP contribution is 2.28. The molecule has 2 aromatic rings. The normalized spacial score (nSPS) is 11.1. The molecular weight excluding hydrogens is 238 g/mol. The maximum absolute atomic E-state index is 5.78. The lowest BCUT2D eigenvalue weighted by Gasteiger charge is -2.13. The first-order chi connectivity index (χ1) is 9.02. The largest absolute Gasteiger partial charge is 0.491 e. The predicted octanol–water partition coefficient (Wildman–Crippen LogP) is 2.94. The number of hydrogen-bond acceptors (Lipinski definition) is 3. The van der Waals surface area contributed by atoms with Gasteiger partial charge in [-0.15, -0.1) is 0 Å². The first kappa shape index (κ1) is 13.6. The maximum atomic E-state index is 5.78. The van der Waals surface area contributed by atoms with Gasteiger partial charge >= 0.3 is 0 Å². The average Bonchev–Trinajstić information content (AvgIpc) is 2.72. The van der Waals surface area contributed by atoms with Gasteiger partial charge in [-0.25, -0.2) is 0 Å². The third-order valence-corrected chi connectivity index (χ3v) is 3.09. The van der Waals surface area contributed by atoms with Gasteiger partial charge in [-0.05, 0) is 51.5 Å². The van der Waals surface area contributed by atoms with Gasteiger partial charge in [0, 0.05) is 23.4 Å². The zero-order valence-corrected chi connectivity index (χ0v) is 11.9. The summed E-state index contributed by atoms with van der Waals surface area (Å²) in [6.07, 6.45) is 0.178. The number of aromatic amines is 1. The Kier molecular flexibility index (Phi) is 3.90. The van der Waals surface area contributed by atoms with Gasteiger partial charge in [-0.2, -0.15) is 5.10 Å². The predicted molar refractivity (Wildman–Crippen MR) is 77.2 cm³/mol. The summed E-state index contributed by atoms with van der Waals surface area (Å²) in [5.74, 6) is 0.917. The quantitative estimate of drug-likeness (QED) is 0.887. The van der Waals surface area contributed by atoms with Crippen LogP contribution in [0.1, 0.15) is 30.7 Å². The van der Waals surface area contributed by atoms with E-state index in [1.54, 1.807) is 0 Å². The van der Waals surface area contributed by atoms with E-state index in [0.717, 1.165) is 33.8 Å². The highest BCUT2D eigenvalue weighted by atomic mass is 16.5. The number of nitrogens with two attached hydrogens (primary N) is 1. The van der Waals surface area contributed by atoms with Gasteiger partial charge in [0.25, 0.3) is 0 Å². The molecule has 0 unspecified atom stereocenters. The van der Waals surface area contributed by atoms with Crippen LogP contribution in [0.15, 0.2) is 18.2 Å². The number of benzene rings is 1. The molecule has 3 N–H and O–H groups in total. The van der Waals surface area contributed by atoms with Crippen LogP contribution >= 0.6 is 0 Å². The van der Waals surface area contributed by atoms with E-state index in [1.165, 1.54) is 0 Å². The van der Waals surface area contributed by atoms with Crippen LogP contribution in [0.4, 0.5) is 0 Å². The molecule has 0 fully saturated rings. The van der Waals surface area contributed by atoms with E-state index in [0.29, 0.717) is 6.54 Å². The lowest BCUT2D eigenvalue weighted by atomic mass is 10.0. The van der Waals surface area contributed by atoms with Gasteiger partial charge in [0.15, 0.2) is 0 Å². The molecule has 0 saturated carbocycles. The van der Waals surface area contributed by atoms with E-state index in [-0.39, 0.29) is 6.10 Å². The Morgan fingerprint density at radius 2 is 2.05 bits per heavy atom.